The van der Waals surface area contributed by atoms with Crippen LogP contribution >= 0.6 is 11.6 Å². The first-order chi connectivity index (χ1) is 19.8. The van der Waals surface area contributed by atoms with Crippen molar-refractivity contribution in [3.63, 3.8) is 0 Å². The van der Waals surface area contributed by atoms with Crippen molar-refractivity contribution in [2.24, 2.45) is 5.73 Å². The summed E-state index contributed by atoms with van der Waals surface area (Å²) in [7, 11) is -4.00. The Kier molecular flexibility index (Phi) is 9.51. The van der Waals surface area contributed by atoms with E-state index in [4.69, 9.17) is 21.9 Å². The molecule has 0 saturated heterocycles. The lowest BCUT2D eigenvalue weighted by molar-refractivity contribution is -0.0794. The van der Waals surface area contributed by atoms with Gasteiger partial charge < -0.3 is 16.4 Å². The Bertz CT molecular complexity index is 1650. The van der Waals surface area contributed by atoms with Gasteiger partial charge in [-0.3, -0.25) is 13.9 Å². The molecule has 1 fully saturated rings. The third-order valence-corrected chi connectivity index (χ3v) is 7.36. The average Bonchev–Trinajstić information content (AvgIpc) is 3.42. The molecule has 1 saturated carbocycles. The van der Waals surface area contributed by atoms with E-state index in [1.54, 1.807) is 54.1 Å². The number of carbonyl (C=O) groups is 1. The third kappa shape index (κ3) is 8.06. The predicted molar refractivity (Wildman–Crippen MR) is 152 cm³/mol. The van der Waals surface area contributed by atoms with E-state index in [0.717, 1.165) is 11.1 Å². The highest BCUT2D eigenvalue weighted by Crippen LogP contribution is 2.38. The maximum atomic E-state index is 13.1. The summed E-state index contributed by atoms with van der Waals surface area (Å²) >= 11 is 6.03. The maximum Gasteiger partial charge on any atom is 0.294 e. The summed E-state index contributed by atoms with van der Waals surface area (Å²) in [5, 5.41) is 6.32. The monoisotopic (exact) mass is 619 g/mol. The van der Waals surface area contributed by atoms with Crippen LogP contribution in [0.5, 0.6) is 0 Å². The maximum absolute atomic E-state index is 13.1. The van der Waals surface area contributed by atoms with Crippen molar-refractivity contribution in [1.29, 1.82) is 0 Å². The minimum atomic E-state index is -4.00. The van der Waals surface area contributed by atoms with Gasteiger partial charge in [0.2, 0.25) is 5.95 Å². The molecule has 2 aromatic heterocycles. The van der Waals surface area contributed by atoms with Gasteiger partial charge in [-0.1, -0.05) is 41.9 Å². The number of halogens is 3. The molecule has 0 unspecified atom stereocenters. The molecule has 2 heterocycles. The third-order valence-electron chi connectivity index (χ3n) is 6.26. The number of nitrogens with zero attached hydrogens (tertiary/aromatic N) is 4. The zero-order valence-electron chi connectivity index (χ0n) is 22.3. The zero-order valence-corrected chi connectivity index (χ0v) is 23.9. The van der Waals surface area contributed by atoms with E-state index >= 15 is 0 Å². The summed E-state index contributed by atoms with van der Waals surface area (Å²) in [5.41, 5.74) is 7.53. The molecule has 222 valence electrons. The average molecular weight is 620 g/mol. The SMILES string of the molecule is Cc1cnc(NC2CC(F)(F)C2)nc1-n1cnc(C(=O)N[C@H](CN)c2cccc(Cl)c2)c1.O=S(=O)(O)c1ccccc1. The molecule has 5 N–H and O–H groups in total. The van der Waals surface area contributed by atoms with Crippen LogP contribution in [0.25, 0.3) is 5.82 Å². The van der Waals surface area contributed by atoms with E-state index in [9.17, 15) is 22.0 Å². The molecular weight excluding hydrogens is 592 g/mol. The number of hydrogen-bond acceptors (Lipinski definition) is 8. The van der Waals surface area contributed by atoms with Crippen molar-refractivity contribution < 1.29 is 26.5 Å². The van der Waals surface area contributed by atoms with Crippen LogP contribution in [-0.4, -0.2) is 56.9 Å². The number of nitrogens with one attached hydrogen (secondary N) is 2. The molecule has 42 heavy (non-hydrogen) atoms. The number of anilines is 1. The molecule has 1 aliphatic carbocycles. The van der Waals surface area contributed by atoms with Crippen LogP contribution in [-0.2, 0) is 10.1 Å². The Morgan fingerprint density at radius 2 is 1.90 bits per heavy atom. The highest BCUT2D eigenvalue weighted by molar-refractivity contribution is 7.85. The first kappa shape index (κ1) is 31.0. The molecule has 1 atom stereocenters. The van der Waals surface area contributed by atoms with Crippen LogP contribution in [0.2, 0.25) is 5.02 Å². The normalized spacial score (nSPS) is 15.1. The smallest absolute Gasteiger partial charge is 0.294 e. The van der Waals surface area contributed by atoms with Gasteiger partial charge in [0.15, 0.2) is 0 Å². The number of rotatable bonds is 8. The second-order valence-electron chi connectivity index (χ2n) is 9.58. The molecule has 0 radical (unpaired) electrons. The molecule has 2 aromatic carbocycles. The van der Waals surface area contributed by atoms with Gasteiger partial charge in [0.25, 0.3) is 21.9 Å². The van der Waals surface area contributed by atoms with E-state index in [1.165, 1.54) is 24.7 Å². The number of hydrogen-bond donors (Lipinski definition) is 4. The summed E-state index contributed by atoms with van der Waals surface area (Å²) in [6, 6.07) is 13.7. The highest BCUT2D eigenvalue weighted by Gasteiger charge is 2.45. The lowest BCUT2D eigenvalue weighted by atomic mass is 9.88. The first-order valence-corrected chi connectivity index (χ1v) is 14.5. The Morgan fingerprint density at radius 3 is 2.50 bits per heavy atom. The van der Waals surface area contributed by atoms with Crippen LogP contribution < -0.4 is 16.4 Å². The number of alkyl halides is 2. The van der Waals surface area contributed by atoms with Gasteiger partial charge in [0, 0.05) is 48.4 Å². The second kappa shape index (κ2) is 12.9. The van der Waals surface area contributed by atoms with E-state index in [0.29, 0.717) is 10.8 Å². The van der Waals surface area contributed by atoms with Crippen molar-refractivity contribution in [2.75, 3.05) is 11.9 Å². The van der Waals surface area contributed by atoms with Gasteiger partial charge in [0.05, 0.1) is 10.9 Å². The molecule has 0 aliphatic heterocycles. The standard InChI is InChI=1S/C21H22ClF2N7O.C6H6O3S/c1-12-9-26-20(28-15-6-21(23,24)7-15)30-18(12)31-10-17(27-11-31)19(32)29-16(8-25)13-3-2-4-14(22)5-13;7-10(8,9)6-4-2-1-3-5-6/h2-5,9-11,15-16H,6-8,25H2,1H3,(H,29,32)(H,26,28,30);1-5H,(H,7,8,9)/t16-;/m1./s1. The van der Waals surface area contributed by atoms with Crippen molar-refractivity contribution in [3.8, 4) is 5.82 Å². The van der Waals surface area contributed by atoms with Gasteiger partial charge in [-0.15, -0.1) is 0 Å². The minimum Gasteiger partial charge on any atom is -0.351 e. The molecule has 1 aliphatic rings. The van der Waals surface area contributed by atoms with Crippen molar-refractivity contribution >= 4 is 33.6 Å². The summed E-state index contributed by atoms with van der Waals surface area (Å²) in [6.07, 6.45) is 4.10. The van der Waals surface area contributed by atoms with Crippen LogP contribution in [0.3, 0.4) is 0 Å². The fraction of sp³-hybridized carbons (Fsp3) is 0.259. The van der Waals surface area contributed by atoms with Crippen LogP contribution in [0, 0.1) is 6.92 Å². The van der Waals surface area contributed by atoms with E-state index in [2.05, 4.69) is 25.6 Å². The summed E-state index contributed by atoms with van der Waals surface area (Å²) in [6.45, 7) is 1.99. The van der Waals surface area contributed by atoms with Gasteiger partial charge in [-0.2, -0.15) is 13.4 Å². The first-order valence-electron chi connectivity index (χ1n) is 12.7. The number of nitrogens with two attached hydrogens (primary N) is 1. The van der Waals surface area contributed by atoms with E-state index in [1.807, 2.05) is 6.07 Å². The fourth-order valence-corrected chi connectivity index (χ4v) is 4.79. The second-order valence-corrected chi connectivity index (χ2v) is 11.4. The van der Waals surface area contributed by atoms with Crippen LogP contribution in [0.1, 0.15) is 40.5 Å². The highest BCUT2D eigenvalue weighted by atomic mass is 35.5. The molecule has 0 spiro atoms. The van der Waals surface area contributed by atoms with E-state index in [-0.39, 0.29) is 42.0 Å². The number of aromatic nitrogens is 4. The summed E-state index contributed by atoms with van der Waals surface area (Å²) < 4.78 is 57.0. The lowest BCUT2D eigenvalue weighted by Gasteiger charge is -2.35. The number of aryl methyl sites for hydroxylation is 1. The molecule has 1 amide bonds. The van der Waals surface area contributed by atoms with Gasteiger partial charge in [0.1, 0.15) is 17.8 Å². The molecular formula is C27H28ClF2N7O4S. The fourth-order valence-electron chi connectivity index (χ4n) is 4.09. The molecule has 4 aromatic rings. The minimum absolute atomic E-state index is 0.0741. The quantitative estimate of drug-likeness (QED) is 0.212. The number of carbonyl (C=O) groups excluding carboxylic acids is 1. The predicted octanol–water partition coefficient (Wildman–Crippen LogP) is 4.20. The molecule has 11 nitrogen and oxygen atoms in total. The Labute approximate surface area is 245 Å². The van der Waals surface area contributed by atoms with Crippen LogP contribution in [0.4, 0.5) is 14.7 Å². The van der Waals surface area contributed by atoms with Gasteiger partial charge in [-0.05, 0) is 36.8 Å². The lowest BCUT2D eigenvalue weighted by Crippen LogP contribution is -2.44. The number of imidazole rings is 1. The van der Waals surface area contributed by atoms with E-state index < -0.39 is 28.0 Å². The molecule has 5 rings (SSSR count). The Morgan fingerprint density at radius 1 is 1.19 bits per heavy atom. The Hall–Kier alpha value is -3.98. The van der Waals surface area contributed by atoms with Crippen molar-refractivity contribution in [2.45, 2.75) is 42.7 Å². The summed E-state index contributed by atoms with van der Waals surface area (Å²) in [5.74, 6) is -2.30. The number of amides is 1. The number of benzene rings is 2. The molecule has 15 heteroatoms. The summed E-state index contributed by atoms with van der Waals surface area (Å²) in [4.78, 5) is 25.4. The van der Waals surface area contributed by atoms with Crippen molar-refractivity contribution in [1.82, 2.24) is 24.8 Å². The largest absolute Gasteiger partial charge is 0.351 e. The van der Waals surface area contributed by atoms with Crippen LogP contribution in [0.15, 0.2) is 78.2 Å². The molecule has 0 bridgehead atoms. The van der Waals surface area contributed by atoms with Gasteiger partial charge >= 0.3 is 0 Å². The zero-order chi connectivity index (χ0) is 30.5. The van der Waals surface area contributed by atoms with Gasteiger partial charge in [-0.25, -0.2) is 18.7 Å². The topological polar surface area (TPSA) is 165 Å². The van der Waals surface area contributed by atoms with Crippen molar-refractivity contribution in [3.05, 3.63) is 95.2 Å². The Balaban J connectivity index is 0.000000343.